The van der Waals surface area contributed by atoms with Gasteiger partial charge in [-0.3, -0.25) is 4.79 Å². The van der Waals surface area contributed by atoms with Gasteiger partial charge in [-0.2, -0.15) is 0 Å². The lowest BCUT2D eigenvalue weighted by Crippen LogP contribution is -2.68. The van der Waals surface area contributed by atoms with Crippen LogP contribution in [0.15, 0.2) is 0 Å². The molecule has 1 saturated heterocycles. The molecule has 1 fully saturated rings. The van der Waals surface area contributed by atoms with E-state index in [0.717, 1.165) is 4.31 Å². The van der Waals surface area contributed by atoms with Crippen molar-refractivity contribution in [1.29, 1.82) is 0 Å². The van der Waals surface area contributed by atoms with Crippen molar-refractivity contribution in [3.8, 4) is 0 Å². The van der Waals surface area contributed by atoms with E-state index in [1.807, 2.05) is 0 Å². The average Bonchev–Trinajstić information content (AvgIpc) is 2.18. The lowest BCUT2D eigenvalue weighted by molar-refractivity contribution is -0.143. The molecule has 1 rings (SSSR count). The zero-order chi connectivity index (χ0) is 11.9. The van der Waals surface area contributed by atoms with E-state index in [1.165, 1.54) is 28.1 Å². The van der Waals surface area contributed by atoms with E-state index in [-0.39, 0.29) is 6.54 Å². The molecule has 0 unspecified atom stereocenters. The van der Waals surface area contributed by atoms with E-state index < -0.39 is 27.0 Å². The molecule has 0 atom stereocenters. The fourth-order valence-corrected chi connectivity index (χ4v) is 2.83. The monoisotopic (exact) mass is 237 g/mol. The van der Waals surface area contributed by atoms with Gasteiger partial charge in [-0.25, -0.2) is 12.7 Å². The third kappa shape index (κ3) is 1.64. The van der Waals surface area contributed by atoms with E-state index >= 15 is 0 Å². The summed E-state index contributed by atoms with van der Waals surface area (Å²) in [6.07, 6.45) is -0.722. The first kappa shape index (κ1) is 12.4. The van der Waals surface area contributed by atoms with E-state index in [2.05, 4.69) is 0 Å². The smallest absolute Gasteiger partial charge is 0.259 e. The third-order valence-electron chi connectivity index (χ3n) is 2.52. The molecule has 0 aromatic heterocycles. The van der Waals surface area contributed by atoms with Crippen molar-refractivity contribution in [3.63, 3.8) is 0 Å². The molecule has 0 bridgehead atoms. The summed E-state index contributed by atoms with van der Waals surface area (Å²) in [4.78, 5) is 11.5. The number of amides is 1. The molecule has 7 heteroatoms. The summed E-state index contributed by atoms with van der Waals surface area (Å²) in [5.41, 5.74) is 0. The lowest BCUT2D eigenvalue weighted by atomic mass is 10.2. The van der Waals surface area contributed by atoms with Crippen LogP contribution in [0.1, 0.15) is 13.8 Å². The van der Waals surface area contributed by atoms with Crippen LogP contribution in [0.2, 0.25) is 0 Å². The number of hydrogen-bond donors (Lipinski definition) is 0. The molecule has 0 N–H and O–H groups in total. The normalized spacial score (nSPS) is 23.0. The second-order valence-corrected chi connectivity index (χ2v) is 6.16. The first-order valence-electron chi connectivity index (χ1n) is 4.41. The van der Waals surface area contributed by atoms with Gasteiger partial charge in [-0.1, -0.05) is 0 Å². The number of ether oxygens (including phenoxy) is 2. The lowest BCUT2D eigenvalue weighted by Gasteiger charge is -2.43. The number of sulfonamides is 1. The maximum absolute atomic E-state index is 11.6. The van der Waals surface area contributed by atoms with Gasteiger partial charge in [0.05, 0.1) is 6.54 Å². The molecule has 1 aliphatic heterocycles. The van der Waals surface area contributed by atoms with Crippen molar-refractivity contribution >= 4 is 15.9 Å². The molecule has 0 saturated carbocycles. The summed E-state index contributed by atoms with van der Waals surface area (Å²) >= 11 is 0. The predicted molar refractivity (Wildman–Crippen MR) is 52.5 cm³/mol. The Balaban J connectivity index is 2.80. The topological polar surface area (TPSA) is 72.9 Å². The first-order valence-corrected chi connectivity index (χ1v) is 5.85. The summed E-state index contributed by atoms with van der Waals surface area (Å²) in [5, 5.41) is 0. The summed E-state index contributed by atoms with van der Waals surface area (Å²) in [6.45, 7) is 2.67. The van der Waals surface area contributed by atoms with Crippen LogP contribution in [0.25, 0.3) is 0 Å². The van der Waals surface area contributed by atoms with Crippen LogP contribution in [-0.4, -0.2) is 50.4 Å². The van der Waals surface area contributed by atoms with E-state index in [4.69, 9.17) is 9.47 Å². The molecule has 6 nitrogen and oxygen atoms in total. The maximum Gasteiger partial charge on any atom is 0.259 e. The van der Waals surface area contributed by atoms with Gasteiger partial charge < -0.3 is 9.47 Å². The molecule has 0 radical (unpaired) electrons. The summed E-state index contributed by atoms with van der Waals surface area (Å²) in [6, 6.07) is 0. The first-order chi connectivity index (χ1) is 6.79. The Kier molecular flexibility index (Phi) is 3.09. The van der Waals surface area contributed by atoms with Gasteiger partial charge in [0.2, 0.25) is 0 Å². The molecular formula is C8H15NO5S. The molecule has 1 amide bonds. The minimum Gasteiger partial charge on any atom is -0.354 e. The minimum absolute atomic E-state index is 0.0996. The Morgan fingerprint density at radius 2 is 1.80 bits per heavy atom. The van der Waals surface area contributed by atoms with E-state index in [9.17, 15) is 13.2 Å². The van der Waals surface area contributed by atoms with Crippen LogP contribution in [-0.2, 0) is 24.3 Å². The largest absolute Gasteiger partial charge is 0.354 e. The van der Waals surface area contributed by atoms with Crippen molar-refractivity contribution < 1.29 is 22.7 Å². The highest BCUT2D eigenvalue weighted by Crippen LogP contribution is 2.34. The highest BCUT2D eigenvalue weighted by molar-refractivity contribution is 7.94. The van der Waals surface area contributed by atoms with Gasteiger partial charge in [0.25, 0.3) is 15.9 Å². The standard InChI is InChI=1S/C8H15NO5S/c1-8(2)7(10)9(15(8,11)12)5-6(13-3)14-4/h6H,5H2,1-4H3. The van der Waals surface area contributed by atoms with Crippen LogP contribution in [0.5, 0.6) is 0 Å². The highest BCUT2D eigenvalue weighted by atomic mass is 32.2. The highest BCUT2D eigenvalue weighted by Gasteiger charge is 2.60. The molecule has 0 aromatic carbocycles. The Hall–Kier alpha value is -0.660. The van der Waals surface area contributed by atoms with E-state index in [0.29, 0.717) is 0 Å². The summed E-state index contributed by atoms with van der Waals surface area (Å²) in [7, 11) is -0.771. The number of rotatable bonds is 4. The SMILES string of the molecule is COC(CN1C(=O)C(C)(C)S1(=O)=O)OC. The third-order valence-corrected chi connectivity index (χ3v) is 4.88. The van der Waals surface area contributed by atoms with Gasteiger partial charge in [-0.15, -0.1) is 0 Å². The second kappa shape index (κ2) is 3.73. The Morgan fingerprint density at radius 3 is 2.13 bits per heavy atom. The molecule has 88 valence electrons. The molecule has 0 spiro atoms. The zero-order valence-corrected chi connectivity index (χ0v) is 10.00. The van der Waals surface area contributed by atoms with Crippen molar-refractivity contribution in [3.05, 3.63) is 0 Å². The number of carbonyl (C=O) groups excluding carboxylic acids is 1. The van der Waals surface area contributed by atoms with Gasteiger partial charge in [0, 0.05) is 14.2 Å². The fourth-order valence-electron chi connectivity index (χ4n) is 1.32. The fraction of sp³-hybridized carbons (Fsp3) is 0.875. The van der Waals surface area contributed by atoms with Crippen molar-refractivity contribution in [2.45, 2.75) is 24.9 Å². The van der Waals surface area contributed by atoms with Crippen LogP contribution < -0.4 is 0 Å². The predicted octanol–water partition coefficient (Wildman–Crippen LogP) is -0.444. The molecule has 0 aromatic rings. The number of methoxy groups -OCH3 is 2. The average molecular weight is 237 g/mol. The maximum atomic E-state index is 11.6. The van der Waals surface area contributed by atoms with Gasteiger partial charge >= 0.3 is 0 Å². The molecule has 15 heavy (non-hydrogen) atoms. The number of carbonyl (C=O) groups is 1. The van der Waals surface area contributed by atoms with Crippen LogP contribution >= 0.6 is 0 Å². The number of nitrogens with zero attached hydrogens (tertiary/aromatic N) is 1. The van der Waals surface area contributed by atoms with Crippen LogP contribution in [0.4, 0.5) is 0 Å². The Morgan fingerprint density at radius 1 is 1.33 bits per heavy atom. The molecule has 1 heterocycles. The van der Waals surface area contributed by atoms with Crippen LogP contribution in [0, 0.1) is 0 Å². The van der Waals surface area contributed by atoms with E-state index in [1.54, 1.807) is 0 Å². The molecule has 1 aliphatic rings. The van der Waals surface area contributed by atoms with Crippen molar-refractivity contribution in [2.24, 2.45) is 0 Å². The molecular weight excluding hydrogens is 222 g/mol. The quantitative estimate of drug-likeness (QED) is 0.619. The summed E-state index contributed by atoms with van der Waals surface area (Å²) in [5.74, 6) is -0.429. The van der Waals surface area contributed by atoms with Gasteiger partial charge in [-0.05, 0) is 13.8 Å². The zero-order valence-electron chi connectivity index (χ0n) is 9.18. The number of hydrogen-bond acceptors (Lipinski definition) is 5. The minimum atomic E-state index is -3.54. The van der Waals surface area contributed by atoms with Gasteiger partial charge in [0.15, 0.2) is 11.0 Å². The van der Waals surface area contributed by atoms with Crippen molar-refractivity contribution in [2.75, 3.05) is 20.8 Å². The Labute approximate surface area is 89.2 Å². The molecule has 0 aliphatic carbocycles. The van der Waals surface area contributed by atoms with Gasteiger partial charge in [0.1, 0.15) is 0 Å². The van der Waals surface area contributed by atoms with Crippen LogP contribution in [0.3, 0.4) is 0 Å². The second-order valence-electron chi connectivity index (χ2n) is 3.75. The Bertz CT molecular complexity index is 357. The summed E-state index contributed by atoms with van der Waals surface area (Å²) < 4.78 is 32.4. The van der Waals surface area contributed by atoms with Crippen molar-refractivity contribution in [1.82, 2.24) is 4.31 Å².